The first-order valence-corrected chi connectivity index (χ1v) is 6.45. The van der Waals surface area contributed by atoms with E-state index in [4.69, 9.17) is 0 Å². The summed E-state index contributed by atoms with van der Waals surface area (Å²) in [5.74, 6) is 0.694. The van der Waals surface area contributed by atoms with E-state index in [2.05, 4.69) is 29.2 Å². The van der Waals surface area contributed by atoms with Gasteiger partial charge in [0.05, 0.1) is 6.54 Å². The van der Waals surface area contributed by atoms with Gasteiger partial charge in [-0.3, -0.25) is 0 Å². The van der Waals surface area contributed by atoms with Gasteiger partial charge >= 0.3 is 0 Å². The summed E-state index contributed by atoms with van der Waals surface area (Å²) in [6.07, 6.45) is 1.57. The maximum absolute atomic E-state index is 12.9. The zero-order valence-electron chi connectivity index (χ0n) is 11.5. The van der Waals surface area contributed by atoms with E-state index in [0.717, 1.165) is 11.4 Å². The number of halogens is 1. The molecule has 0 bridgehead atoms. The van der Waals surface area contributed by atoms with Crippen molar-refractivity contribution in [3.8, 4) is 0 Å². The number of rotatable bonds is 5. The normalized spacial score (nSPS) is 12.9. The van der Waals surface area contributed by atoms with Crippen molar-refractivity contribution in [3.63, 3.8) is 0 Å². The second-order valence-corrected chi connectivity index (χ2v) is 4.87. The van der Waals surface area contributed by atoms with E-state index in [1.807, 2.05) is 11.6 Å². The van der Waals surface area contributed by atoms with Crippen LogP contribution in [0, 0.1) is 5.82 Å². The van der Waals surface area contributed by atoms with E-state index in [0.29, 0.717) is 12.6 Å². The third-order valence-electron chi connectivity index (χ3n) is 3.07. The van der Waals surface area contributed by atoms with Crippen molar-refractivity contribution in [3.05, 3.63) is 47.8 Å². The van der Waals surface area contributed by atoms with Crippen LogP contribution in [-0.2, 0) is 6.54 Å². The Balaban J connectivity index is 1.98. The molecule has 1 aromatic heterocycles. The monoisotopic (exact) mass is 262 g/mol. The van der Waals surface area contributed by atoms with Crippen LogP contribution in [0.15, 0.2) is 30.6 Å². The lowest BCUT2D eigenvalue weighted by atomic mass is 10.1. The Bertz CT molecular complexity index is 518. The summed E-state index contributed by atoms with van der Waals surface area (Å²) in [5, 5.41) is 7.56. The van der Waals surface area contributed by atoms with Crippen LogP contribution in [0.5, 0.6) is 0 Å². The molecule has 0 saturated carbocycles. The second kappa shape index (κ2) is 5.93. The molecule has 0 spiro atoms. The zero-order valence-corrected chi connectivity index (χ0v) is 11.5. The Morgan fingerprint density at radius 3 is 2.53 bits per heavy atom. The van der Waals surface area contributed by atoms with Crippen molar-refractivity contribution in [1.29, 1.82) is 0 Å². The summed E-state index contributed by atoms with van der Waals surface area (Å²) >= 11 is 0. The molecule has 5 heteroatoms. The molecule has 0 unspecified atom stereocenters. The van der Waals surface area contributed by atoms with Crippen LogP contribution in [0.2, 0.25) is 0 Å². The fourth-order valence-electron chi connectivity index (χ4n) is 1.95. The molecule has 0 fully saturated rings. The molecule has 19 heavy (non-hydrogen) atoms. The van der Waals surface area contributed by atoms with Gasteiger partial charge in [0, 0.05) is 12.1 Å². The second-order valence-electron chi connectivity index (χ2n) is 4.87. The summed E-state index contributed by atoms with van der Waals surface area (Å²) in [6.45, 7) is 6.82. The van der Waals surface area contributed by atoms with E-state index in [1.54, 1.807) is 18.5 Å². The van der Waals surface area contributed by atoms with Crippen LogP contribution in [0.3, 0.4) is 0 Å². The summed E-state index contributed by atoms with van der Waals surface area (Å²) < 4.78 is 14.8. The number of nitrogens with one attached hydrogen (secondary N) is 1. The molecule has 0 saturated heterocycles. The molecule has 1 N–H and O–H groups in total. The molecular weight excluding hydrogens is 243 g/mol. The Kier molecular flexibility index (Phi) is 4.27. The predicted octanol–water partition coefficient (Wildman–Crippen LogP) is 2.85. The highest BCUT2D eigenvalue weighted by atomic mass is 19.1. The lowest BCUT2D eigenvalue weighted by molar-refractivity contribution is 0.473. The number of aromatic nitrogens is 3. The topological polar surface area (TPSA) is 42.7 Å². The van der Waals surface area contributed by atoms with E-state index in [9.17, 15) is 4.39 Å². The highest BCUT2D eigenvalue weighted by Gasteiger charge is 2.10. The molecule has 0 aliphatic rings. The smallest absolute Gasteiger partial charge is 0.141 e. The SMILES string of the molecule is CC(C)n1ncnc1CN[C@H](C)c1ccc(F)cc1. The van der Waals surface area contributed by atoms with Crippen molar-refractivity contribution in [2.45, 2.75) is 39.4 Å². The molecule has 0 aliphatic carbocycles. The van der Waals surface area contributed by atoms with E-state index in [1.165, 1.54) is 12.1 Å². The van der Waals surface area contributed by atoms with Crippen LogP contribution >= 0.6 is 0 Å². The van der Waals surface area contributed by atoms with Gasteiger partial charge in [0.1, 0.15) is 18.0 Å². The molecule has 0 aliphatic heterocycles. The van der Waals surface area contributed by atoms with Crippen molar-refractivity contribution in [1.82, 2.24) is 20.1 Å². The third-order valence-corrected chi connectivity index (χ3v) is 3.07. The van der Waals surface area contributed by atoms with Gasteiger partial charge < -0.3 is 5.32 Å². The minimum Gasteiger partial charge on any atom is -0.303 e. The van der Waals surface area contributed by atoms with Crippen LogP contribution in [0.4, 0.5) is 4.39 Å². The maximum Gasteiger partial charge on any atom is 0.141 e. The van der Waals surface area contributed by atoms with Crippen LogP contribution in [0.1, 0.15) is 44.2 Å². The molecule has 2 rings (SSSR count). The molecule has 4 nitrogen and oxygen atoms in total. The van der Waals surface area contributed by atoms with Gasteiger partial charge in [-0.1, -0.05) is 12.1 Å². The Morgan fingerprint density at radius 2 is 1.89 bits per heavy atom. The first kappa shape index (κ1) is 13.7. The minimum absolute atomic E-state index is 0.137. The van der Waals surface area contributed by atoms with Crippen LogP contribution in [-0.4, -0.2) is 14.8 Å². The fraction of sp³-hybridized carbons (Fsp3) is 0.429. The first-order valence-electron chi connectivity index (χ1n) is 6.45. The zero-order chi connectivity index (χ0) is 13.8. The lowest BCUT2D eigenvalue weighted by Crippen LogP contribution is -2.21. The predicted molar refractivity (Wildman–Crippen MR) is 72.1 cm³/mol. The fourth-order valence-corrected chi connectivity index (χ4v) is 1.95. The standard InChI is InChI=1S/C14H19FN4/c1-10(2)19-14(17-9-18-19)8-16-11(3)12-4-6-13(15)7-5-12/h4-7,9-11,16H,8H2,1-3H3/t11-/m1/s1. The van der Waals surface area contributed by atoms with Crippen LogP contribution < -0.4 is 5.32 Å². The van der Waals surface area contributed by atoms with Gasteiger partial charge in [-0.25, -0.2) is 14.1 Å². The average Bonchev–Trinajstić information content (AvgIpc) is 2.85. The van der Waals surface area contributed by atoms with E-state index < -0.39 is 0 Å². The van der Waals surface area contributed by atoms with Crippen LogP contribution in [0.25, 0.3) is 0 Å². The van der Waals surface area contributed by atoms with Crippen molar-refractivity contribution < 1.29 is 4.39 Å². The summed E-state index contributed by atoms with van der Waals surface area (Å²) in [6, 6.07) is 6.97. The third kappa shape index (κ3) is 3.38. The van der Waals surface area contributed by atoms with E-state index in [-0.39, 0.29) is 11.9 Å². The molecular formula is C14H19FN4. The molecule has 2 aromatic rings. The molecule has 102 valence electrons. The van der Waals surface area contributed by atoms with Crippen molar-refractivity contribution in [2.75, 3.05) is 0 Å². The Morgan fingerprint density at radius 1 is 1.21 bits per heavy atom. The molecule has 0 radical (unpaired) electrons. The van der Waals surface area contributed by atoms with Crippen molar-refractivity contribution >= 4 is 0 Å². The van der Waals surface area contributed by atoms with Gasteiger partial charge in [-0.05, 0) is 38.5 Å². The maximum atomic E-state index is 12.9. The van der Waals surface area contributed by atoms with Gasteiger partial charge in [-0.15, -0.1) is 0 Å². The lowest BCUT2D eigenvalue weighted by Gasteiger charge is -2.15. The van der Waals surface area contributed by atoms with Gasteiger partial charge in [0.15, 0.2) is 0 Å². The number of hydrogen-bond donors (Lipinski definition) is 1. The summed E-state index contributed by atoms with van der Waals surface area (Å²) in [7, 11) is 0. The van der Waals surface area contributed by atoms with Gasteiger partial charge in [-0.2, -0.15) is 5.10 Å². The molecule has 0 amide bonds. The van der Waals surface area contributed by atoms with Crippen molar-refractivity contribution in [2.24, 2.45) is 0 Å². The molecule has 1 atom stereocenters. The highest BCUT2D eigenvalue weighted by molar-refractivity contribution is 5.19. The van der Waals surface area contributed by atoms with Gasteiger partial charge in [0.25, 0.3) is 0 Å². The quantitative estimate of drug-likeness (QED) is 0.901. The average molecular weight is 262 g/mol. The number of benzene rings is 1. The first-order chi connectivity index (χ1) is 9.08. The largest absolute Gasteiger partial charge is 0.303 e. The highest BCUT2D eigenvalue weighted by Crippen LogP contribution is 2.14. The minimum atomic E-state index is -0.212. The van der Waals surface area contributed by atoms with E-state index >= 15 is 0 Å². The molecule has 1 heterocycles. The summed E-state index contributed by atoms with van der Waals surface area (Å²) in [5.41, 5.74) is 1.05. The summed E-state index contributed by atoms with van der Waals surface area (Å²) in [4.78, 5) is 4.25. The number of nitrogens with zero attached hydrogens (tertiary/aromatic N) is 3. The molecule has 1 aromatic carbocycles. The Labute approximate surface area is 112 Å². The number of hydrogen-bond acceptors (Lipinski definition) is 3. The van der Waals surface area contributed by atoms with Gasteiger partial charge in [0.2, 0.25) is 0 Å². The Hall–Kier alpha value is -1.75.